The number of carbonyl (C=O) groups excluding carboxylic acids is 2. The Kier molecular flexibility index (Phi) is 41.6. The minimum atomic E-state index is -4.37. The number of likely N-dealkylation sites (N-methyl/N-ethyl adjacent to an activating group) is 1. The molecule has 1 unspecified atom stereocenters. The second kappa shape index (κ2) is 42.3. The van der Waals surface area contributed by atoms with E-state index in [4.69, 9.17) is 18.5 Å². The summed E-state index contributed by atoms with van der Waals surface area (Å²) in [5, 5.41) is 0. The lowest BCUT2D eigenvalue weighted by molar-refractivity contribution is -0.870. The molecule has 2 atom stereocenters. The van der Waals surface area contributed by atoms with Crippen molar-refractivity contribution in [3.05, 3.63) is 0 Å². The lowest BCUT2D eigenvalue weighted by Gasteiger charge is -2.24. The van der Waals surface area contributed by atoms with Gasteiger partial charge in [0, 0.05) is 12.8 Å². The molecule has 0 aromatic carbocycles. The zero-order chi connectivity index (χ0) is 43.6. The van der Waals surface area contributed by atoms with Gasteiger partial charge in [0.05, 0.1) is 27.7 Å². The molecule has 0 bridgehead atoms. The second-order valence-corrected chi connectivity index (χ2v) is 20.0. The van der Waals surface area contributed by atoms with Crippen molar-refractivity contribution in [3.8, 4) is 0 Å². The van der Waals surface area contributed by atoms with E-state index in [1.165, 1.54) is 186 Å². The van der Waals surface area contributed by atoms with Crippen molar-refractivity contribution in [2.45, 2.75) is 258 Å². The molecule has 0 spiro atoms. The van der Waals surface area contributed by atoms with E-state index in [2.05, 4.69) is 13.8 Å². The van der Waals surface area contributed by atoms with Crippen molar-refractivity contribution in [2.24, 2.45) is 0 Å². The molecule has 352 valence electrons. The van der Waals surface area contributed by atoms with E-state index < -0.39 is 26.5 Å². The van der Waals surface area contributed by atoms with E-state index in [1.807, 2.05) is 21.1 Å². The number of rotatable bonds is 47. The Bertz CT molecular complexity index is 974. The Morgan fingerprint density at radius 2 is 0.763 bits per heavy atom. The van der Waals surface area contributed by atoms with E-state index in [9.17, 15) is 19.0 Å². The Labute approximate surface area is 365 Å². The molecule has 0 aliphatic rings. The molecule has 0 radical (unpaired) electrons. The SMILES string of the molecule is CCCCCCCCCCCCCCCCCCCCCCCCC(=O)OC[C@H](COP(=O)(O)OCC[N+](C)(C)C)OC(=O)CCCCCCCCCCCCCCC. The third-order valence-corrected chi connectivity index (χ3v) is 12.4. The fraction of sp³-hybridized carbons (Fsp3) is 0.959. The van der Waals surface area contributed by atoms with Crippen LogP contribution in [0.25, 0.3) is 0 Å². The summed E-state index contributed by atoms with van der Waals surface area (Å²) in [6.45, 7) is 4.48. The maximum absolute atomic E-state index is 12.7. The predicted molar refractivity (Wildman–Crippen MR) is 248 cm³/mol. The standard InChI is InChI=1S/C49H98NO8P/c1-6-8-10-12-14-16-18-20-21-22-23-24-25-26-27-28-30-31-33-35-37-39-41-48(51)55-45-47(46-57-59(53,54)56-44-43-50(3,4)5)58-49(52)42-40-38-36-34-32-29-19-17-15-13-11-9-7-2/h47H,6-46H2,1-5H3/p+1/t47-/m1/s1. The summed E-state index contributed by atoms with van der Waals surface area (Å²) in [4.78, 5) is 35.5. The molecule has 0 aliphatic heterocycles. The minimum Gasteiger partial charge on any atom is -0.462 e. The number of esters is 2. The van der Waals surface area contributed by atoms with Crippen molar-refractivity contribution in [3.63, 3.8) is 0 Å². The van der Waals surface area contributed by atoms with E-state index in [0.29, 0.717) is 17.4 Å². The van der Waals surface area contributed by atoms with Gasteiger partial charge in [0.15, 0.2) is 6.10 Å². The molecule has 0 saturated carbocycles. The minimum absolute atomic E-state index is 0.0370. The fourth-order valence-corrected chi connectivity index (χ4v) is 8.17. The van der Waals surface area contributed by atoms with Gasteiger partial charge in [-0.05, 0) is 12.8 Å². The van der Waals surface area contributed by atoms with Gasteiger partial charge < -0.3 is 18.9 Å². The van der Waals surface area contributed by atoms with Crippen LogP contribution in [0.4, 0.5) is 0 Å². The number of nitrogens with zero attached hydrogens (tertiary/aromatic N) is 1. The predicted octanol–water partition coefficient (Wildman–Crippen LogP) is 14.8. The van der Waals surface area contributed by atoms with Crippen LogP contribution in [0.2, 0.25) is 0 Å². The molecule has 0 aromatic rings. The van der Waals surface area contributed by atoms with Gasteiger partial charge in [-0.15, -0.1) is 0 Å². The zero-order valence-corrected chi connectivity index (χ0v) is 40.7. The number of phosphoric acid groups is 1. The van der Waals surface area contributed by atoms with Crippen LogP contribution in [0.15, 0.2) is 0 Å². The molecular weight excluding hydrogens is 762 g/mol. The smallest absolute Gasteiger partial charge is 0.462 e. The van der Waals surface area contributed by atoms with Gasteiger partial charge in [-0.25, -0.2) is 4.57 Å². The first kappa shape index (κ1) is 58.0. The monoisotopic (exact) mass is 861 g/mol. The van der Waals surface area contributed by atoms with E-state index in [1.54, 1.807) is 0 Å². The van der Waals surface area contributed by atoms with Crippen molar-refractivity contribution in [1.29, 1.82) is 0 Å². The van der Waals surface area contributed by atoms with Gasteiger partial charge in [0.1, 0.15) is 19.8 Å². The molecule has 9 nitrogen and oxygen atoms in total. The normalized spacial score (nSPS) is 13.4. The molecule has 0 rings (SSSR count). The number of hydrogen-bond acceptors (Lipinski definition) is 7. The highest BCUT2D eigenvalue weighted by atomic mass is 31.2. The van der Waals surface area contributed by atoms with Crippen LogP contribution >= 0.6 is 7.82 Å². The van der Waals surface area contributed by atoms with Crippen LogP contribution in [-0.2, 0) is 32.7 Å². The van der Waals surface area contributed by atoms with Gasteiger partial charge in [-0.3, -0.25) is 18.6 Å². The largest absolute Gasteiger partial charge is 0.472 e. The summed E-state index contributed by atoms with van der Waals surface area (Å²) in [5.41, 5.74) is 0. The molecular formula is C49H99NO8P+. The number of hydrogen-bond donors (Lipinski definition) is 1. The van der Waals surface area contributed by atoms with Gasteiger partial charge in [-0.2, -0.15) is 0 Å². The Morgan fingerprint density at radius 3 is 1.08 bits per heavy atom. The highest BCUT2D eigenvalue weighted by Gasteiger charge is 2.27. The third-order valence-electron chi connectivity index (χ3n) is 11.4. The molecule has 0 aromatic heterocycles. The molecule has 1 N–H and O–H groups in total. The molecule has 59 heavy (non-hydrogen) atoms. The third kappa shape index (κ3) is 46.3. The van der Waals surface area contributed by atoms with Crippen LogP contribution in [0, 0.1) is 0 Å². The Morgan fingerprint density at radius 1 is 0.458 bits per heavy atom. The number of carbonyl (C=O) groups is 2. The number of ether oxygens (including phenoxy) is 2. The first-order valence-corrected chi connectivity index (χ1v) is 26.8. The lowest BCUT2D eigenvalue weighted by atomic mass is 10.0. The van der Waals surface area contributed by atoms with E-state index in [0.717, 1.165) is 38.5 Å². The molecule has 0 fully saturated rings. The molecule has 0 aliphatic carbocycles. The summed E-state index contributed by atoms with van der Waals surface area (Å²) < 4.78 is 34.4. The summed E-state index contributed by atoms with van der Waals surface area (Å²) in [6, 6.07) is 0. The van der Waals surface area contributed by atoms with Crippen molar-refractivity contribution >= 4 is 19.8 Å². The number of unbranched alkanes of at least 4 members (excludes halogenated alkanes) is 33. The summed E-state index contributed by atoms with van der Waals surface area (Å²) in [7, 11) is 1.50. The van der Waals surface area contributed by atoms with Crippen LogP contribution < -0.4 is 0 Å². The number of phosphoric ester groups is 1. The summed E-state index contributed by atoms with van der Waals surface area (Å²) in [6.07, 6.45) is 44.4. The molecule has 0 amide bonds. The van der Waals surface area contributed by atoms with E-state index >= 15 is 0 Å². The van der Waals surface area contributed by atoms with Gasteiger partial charge in [-0.1, -0.05) is 226 Å². The number of quaternary nitrogens is 1. The topological polar surface area (TPSA) is 108 Å². The highest BCUT2D eigenvalue weighted by Crippen LogP contribution is 2.43. The molecule has 0 saturated heterocycles. The van der Waals surface area contributed by atoms with Crippen LogP contribution in [0.5, 0.6) is 0 Å². The summed E-state index contributed by atoms with van der Waals surface area (Å²) >= 11 is 0. The van der Waals surface area contributed by atoms with Crippen molar-refractivity contribution in [2.75, 3.05) is 47.5 Å². The van der Waals surface area contributed by atoms with Crippen LogP contribution in [-0.4, -0.2) is 74.9 Å². The van der Waals surface area contributed by atoms with Crippen LogP contribution in [0.1, 0.15) is 251 Å². The fourth-order valence-electron chi connectivity index (χ4n) is 7.43. The maximum atomic E-state index is 12.7. The average Bonchev–Trinajstić information content (AvgIpc) is 3.19. The average molecular weight is 861 g/mol. The zero-order valence-electron chi connectivity index (χ0n) is 39.8. The lowest BCUT2D eigenvalue weighted by Crippen LogP contribution is -2.37. The van der Waals surface area contributed by atoms with Gasteiger partial charge >= 0.3 is 19.8 Å². The van der Waals surface area contributed by atoms with Crippen molar-refractivity contribution < 1.29 is 42.1 Å². The molecule has 10 heteroatoms. The van der Waals surface area contributed by atoms with Crippen molar-refractivity contribution in [1.82, 2.24) is 0 Å². The molecule has 0 heterocycles. The quantitative estimate of drug-likeness (QED) is 0.0279. The summed E-state index contributed by atoms with van der Waals surface area (Å²) in [5.74, 6) is -0.780. The van der Waals surface area contributed by atoms with Gasteiger partial charge in [0.2, 0.25) is 0 Å². The highest BCUT2D eigenvalue weighted by molar-refractivity contribution is 7.47. The maximum Gasteiger partial charge on any atom is 0.472 e. The van der Waals surface area contributed by atoms with E-state index in [-0.39, 0.29) is 25.6 Å². The van der Waals surface area contributed by atoms with Gasteiger partial charge in [0.25, 0.3) is 0 Å². The first-order chi connectivity index (χ1) is 28.5. The first-order valence-electron chi connectivity index (χ1n) is 25.3. The van der Waals surface area contributed by atoms with Crippen LogP contribution in [0.3, 0.4) is 0 Å². The Hall–Kier alpha value is -0.990. The Balaban J connectivity index is 4.15. The second-order valence-electron chi connectivity index (χ2n) is 18.6.